The quantitative estimate of drug-likeness (QED) is 0.287. The average Bonchev–Trinajstić information content (AvgIpc) is 3.11. The number of rotatable bonds is 6. The Kier molecular flexibility index (Phi) is 3.76. The molecule has 1 aliphatic rings. The van der Waals surface area contributed by atoms with E-state index in [0.717, 1.165) is 12.8 Å². The van der Waals surface area contributed by atoms with Gasteiger partial charge in [0.05, 0.1) is 12.4 Å². The lowest BCUT2D eigenvalue weighted by Gasteiger charge is -2.15. The molecular weight excluding hydrogens is 270 g/mol. The first-order valence-electron chi connectivity index (χ1n) is 5.99. The molecule has 1 saturated carbocycles. The van der Waals surface area contributed by atoms with E-state index in [4.69, 9.17) is 10.9 Å². The van der Waals surface area contributed by atoms with Gasteiger partial charge in [-0.1, -0.05) is 5.16 Å². The fourth-order valence-corrected chi connectivity index (χ4v) is 3.00. The summed E-state index contributed by atoms with van der Waals surface area (Å²) in [6.45, 7) is 2.52. The first-order chi connectivity index (χ1) is 8.97. The van der Waals surface area contributed by atoms with E-state index in [9.17, 15) is 8.42 Å². The van der Waals surface area contributed by atoms with Gasteiger partial charge < -0.3 is 15.5 Å². The summed E-state index contributed by atoms with van der Waals surface area (Å²) >= 11 is 0. The fourth-order valence-electron chi connectivity index (χ4n) is 1.77. The number of hydrogen-bond donors (Lipinski definition) is 3. The minimum absolute atomic E-state index is 0.0641. The van der Waals surface area contributed by atoms with Crippen molar-refractivity contribution in [1.82, 2.24) is 14.3 Å². The molecule has 1 aliphatic carbocycles. The largest absolute Gasteiger partial charge is 0.409 e. The minimum Gasteiger partial charge on any atom is -0.409 e. The van der Waals surface area contributed by atoms with Crippen molar-refractivity contribution in [1.29, 1.82) is 0 Å². The molecule has 1 heterocycles. The SMILES string of the molecule is CCn1cnc(S(=O)(=O)NC(C(N)=NO)C2CC2)c1. The van der Waals surface area contributed by atoms with Gasteiger partial charge in [-0.05, 0) is 25.7 Å². The maximum Gasteiger partial charge on any atom is 0.260 e. The highest BCUT2D eigenvalue weighted by molar-refractivity contribution is 7.89. The number of imidazole rings is 1. The molecule has 0 aromatic carbocycles. The Bertz CT molecular complexity index is 576. The lowest BCUT2D eigenvalue weighted by molar-refractivity contribution is 0.314. The van der Waals surface area contributed by atoms with Crippen molar-refractivity contribution in [2.24, 2.45) is 16.8 Å². The van der Waals surface area contributed by atoms with Gasteiger partial charge in [0.15, 0.2) is 10.9 Å². The third-order valence-electron chi connectivity index (χ3n) is 3.06. The molecule has 19 heavy (non-hydrogen) atoms. The van der Waals surface area contributed by atoms with E-state index in [1.807, 2.05) is 6.92 Å². The smallest absolute Gasteiger partial charge is 0.260 e. The average molecular weight is 287 g/mol. The second-order valence-corrected chi connectivity index (χ2v) is 6.16. The summed E-state index contributed by atoms with van der Waals surface area (Å²) in [6.07, 6.45) is 4.60. The first-order valence-corrected chi connectivity index (χ1v) is 7.47. The van der Waals surface area contributed by atoms with Gasteiger partial charge in [-0.2, -0.15) is 4.72 Å². The van der Waals surface area contributed by atoms with Crippen LogP contribution in [-0.4, -0.2) is 35.1 Å². The maximum atomic E-state index is 12.1. The summed E-state index contributed by atoms with van der Waals surface area (Å²) in [6, 6.07) is -0.679. The highest BCUT2D eigenvalue weighted by atomic mass is 32.2. The number of aromatic nitrogens is 2. The molecule has 4 N–H and O–H groups in total. The van der Waals surface area contributed by atoms with Crippen molar-refractivity contribution in [3.8, 4) is 0 Å². The summed E-state index contributed by atoms with van der Waals surface area (Å²) < 4.78 is 28.4. The summed E-state index contributed by atoms with van der Waals surface area (Å²) in [7, 11) is -3.76. The predicted octanol–water partition coefficient (Wildman–Crippen LogP) is -0.294. The molecule has 0 amide bonds. The summed E-state index contributed by atoms with van der Waals surface area (Å²) in [5, 5.41) is 11.5. The van der Waals surface area contributed by atoms with Gasteiger partial charge in [0.25, 0.3) is 10.0 Å². The van der Waals surface area contributed by atoms with Gasteiger partial charge in [0.2, 0.25) is 0 Å². The minimum atomic E-state index is -3.76. The molecule has 1 aromatic heterocycles. The van der Waals surface area contributed by atoms with Crippen molar-refractivity contribution in [3.05, 3.63) is 12.5 Å². The monoisotopic (exact) mass is 287 g/mol. The van der Waals surface area contributed by atoms with Crippen LogP contribution in [0.25, 0.3) is 0 Å². The lowest BCUT2D eigenvalue weighted by Crippen LogP contribution is -2.46. The summed E-state index contributed by atoms with van der Waals surface area (Å²) in [5.41, 5.74) is 5.52. The molecule has 0 bridgehead atoms. The number of oxime groups is 1. The lowest BCUT2D eigenvalue weighted by atomic mass is 10.2. The second-order valence-electron chi connectivity index (χ2n) is 4.50. The van der Waals surface area contributed by atoms with Gasteiger partial charge in [-0.25, -0.2) is 13.4 Å². The number of aryl methyl sites for hydroxylation is 1. The molecule has 0 saturated heterocycles. The van der Waals surface area contributed by atoms with E-state index in [0.29, 0.717) is 6.54 Å². The van der Waals surface area contributed by atoms with E-state index in [1.165, 1.54) is 12.5 Å². The number of nitrogens with zero attached hydrogens (tertiary/aromatic N) is 3. The number of amidine groups is 1. The van der Waals surface area contributed by atoms with Crippen molar-refractivity contribution >= 4 is 15.9 Å². The molecule has 9 heteroatoms. The molecule has 106 valence electrons. The number of hydrogen-bond acceptors (Lipinski definition) is 5. The van der Waals surface area contributed by atoms with Crippen LogP contribution >= 0.6 is 0 Å². The summed E-state index contributed by atoms with van der Waals surface area (Å²) in [5.74, 6) is -0.0417. The molecule has 1 atom stereocenters. The van der Waals surface area contributed by atoms with Crippen molar-refractivity contribution in [2.45, 2.75) is 37.4 Å². The molecular formula is C10H17N5O3S. The highest BCUT2D eigenvalue weighted by Gasteiger charge is 2.37. The normalized spacial score (nSPS) is 18.5. The zero-order valence-corrected chi connectivity index (χ0v) is 11.3. The van der Waals surface area contributed by atoms with E-state index in [1.54, 1.807) is 4.57 Å². The topological polar surface area (TPSA) is 123 Å². The van der Waals surface area contributed by atoms with Crippen molar-refractivity contribution < 1.29 is 13.6 Å². The van der Waals surface area contributed by atoms with Gasteiger partial charge >= 0.3 is 0 Å². The Labute approximate surface area is 111 Å². The molecule has 1 fully saturated rings. The van der Waals surface area contributed by atoms with E-state index < -0.39 is 16.1 Å². The van der Waals surface area contributed by atoms with Crippen LogP contribution in [0.2, 0.25) is 0 Å². The maximum absolute atomic E-state index is 12.1. The van der Waals surface area contributed by atoms with Crippen LogP contribution in [0.1, 0.15) is 19.8 Å². The third-order valence-corrected chi connectivity index (χ3v) is 4.39. The predicted molar refractivity (Wildman–Crippen MR) is 68.1 cm³/mol. The van der Waals surface area contributed by atoms with Crippen LogP contribution < -0.4 is 10.5 Å². The van der Waals surface area contributed by atoms with Crippen LogP contribution in [-0.2, 0) is 16.6 Å². The zero-order chi connectivity index (χ0) is 14.0. The van der Waals surface area contributed by atoms with Crippen LogP contribution in [0.4, 0.5) is 0 Å². The molecule has 1 aromatic rings. The molecule has 2 rings (SSSR count). The Morgan fingerprint density at radius 2 is 2.42 bits per heavy atom. The van der Waals surface area contributed by atoms with Gasteiger partial charge in [0.1, 0.15) is 0 Å². The van der Waals surface area contributed by atoms with E-state index >= 15 is 0 Å². The molecule has 0 aliphatic heterocycles. The van der Waals surface area contributed by atoms with Crippen LogP contribution in [0, 0.1) is 5.92 Å². The Hall–Kier alpha value is -1.61. The van der Waals surface area contributed by atoms with Gasteiger partial charge in [-0.3, -0.25) is 0 Å². The zero-order valence-electron chi connectivity index (χ0n) is 10.5. The van der Waals surface area contributed by atoms with Crippen LogP contribution in [0.5, 0.6) is 0 Å². The Morgan fingerprint density at radius 3 is 2.89 bits per heavy atom. The molecule has 1 unspecified atom stereocenters. The van der Waals surface area contributed by atoms with E-state index in [2.05, 4.69) is 14.9 Å². The van der Waals surface area contributed by atoms with Crippen LogP contribution in [0.15, 0.2) is 22.7 Å². The van der Waals surface area contributed by atoms with Crippen molar-refractivity contribution in [3.63, 3.8) is 0 Å². The number of sulfonamides is 1. The highest BCUT2D eigenvalue weighted by Crippen LogP contribution is 2.33. The van der Waals surface area contributed by atoms with E-state index in [-0.39, 0.29) is 16.8 Å². The summed E-state index contributed by atoms with van der Waals surface area (Å²) in [4.78, 5) is 3.85. The molecule has 0 spiro atoms. The first kappa shape index (κ1) is 13.8. The second kappa shape index (κ2) is 5.17. The molecule has 0 radical (unpaired) electrons. The standard InChI is InChI=1S/C10H17N5O3S/c1-2-15-5-8(12-6-15)19(17,18)14-9(7-3-4-7)10(11)13-16/h5-7,9,14,16H,2-4H2,1H3,(H2,11,13). The third kappa shape index (κ3) is 3.04. The number of nitrogens with one attached hydrogen (secondary N) is 1. The van der Waals surface area contributed by atoms with Gasteiger partial charge in [-0.15, -0.1) is 0 Å². The van der Waals surface area contributed by atoms with Crippen LogP contribution in [0.3, 0.4) is 0 Å². The Balaban J connectivity index is 2.19. The molecule has 8 nitrogen and oxygen atoms in total. The van der Waals surface area contributed by atoms with Gasteiger partial charge in [0, 0.05) is 12.7 Å². The Morgan fingerprint density at radius 1 is 1.74 bits per heavy atom. The fraction of sp³-hybridized carbons (Fsp3) is 0.600. The van der Waals surface area contributed by atoms with Crippen molar-refractivity contribution in [2.75, 3.05) is 0 Å². The number of nitrogens with two attached hydrogens (primary N) is 1.